The van der Waals surface area contributed by atoms with Gasteiger partial charge in [-0.25, -0.2) is 18.1 Å². The molecule has 1 aromatic rings. The summed E-state index contributed by atoms with van der Waals surface area (Å²) in [5.41, 5.74) is -1.49. The van der Waals surface area contributed by atoms with Crippen molar-refractivity contribution >= 4 is 46.4 Å². The molecule has 1 aromatic carbocycles. The number of esters is 1. The average molecular weight is 442 g/mol. The van der Waals surface area contributed by atoms with Gasteiger partial charge in [-0.1, -0.05) is 15.9 Å². The van der Waals surface area contributed by atoms with Crippen LogP contribution in [0.1, 0.15) is 47.1 Å². The largest absolute Gasteiger partial charge is 0.461 e. The predicted octanol–water partition coefficient (Wildman–Crippen LogP) is 3.92. The Kier molecular flexibility index (Phi) is 8.62. The van der Waals surface area contributed by atoms with Gasteiger partial charge in [0.25, 0.3) is 0 Å². The Morgan fingerprint density at radius 3 is 2.29 bits per heavy atom. The molecular formula is C16H25BrFNO3S2. The van der Waals surface area contributed by atoms with Crippen LogP contribution >= 0.6 is 29.4 Å². The Labute approximate surface area is 161 Å². The van der Waals surface area contributed by atoms with Crippen molar-refractivity contribution in [1.29, 1.82) is 0 Å². The maximum atomic E-state index is 14.3. The van der Waals surface area contributed by atoms with Gasteiger partial charge in [0, 0.05) is 10.0 Å². The van der Waals surface area contributed by atoms with Crippen molar-refractivity contribution in [3.63, 3.8) is 0 Å². The second-order valence-electron chi connectivity index (χ2n) is 6.69. The van der Waals surface area contributed by atoms with Crippen molar-refractivity contribution in [2.24, 2.45) is 0 Å². The molecule has 0 aliphatic rings. The standard InChI is InChI=1S/C16H23BrFNO3S.H2S/c1-10(2)22-14(20)16(6,19-23(21)15(3,4)5)12-9-11(17)7-8-13(12)18;/h7-10,19H,1-6H3;1H2. The minimum absolute atomic E-state index is 0. The minimum Gasteiger partial charge on any atom is -0.461 e. The zero-order valence-electron chi connectivity index (χ0n) is 14.7. The van der Waals surface area contributed by atoms with E-state index in [0.717, 1.165) is 0 Å². The molecule has 2 unspecified atom stereocenters. The molecule has 138 valence electrons. The molecule has 8 heteroatoms. The van der Waals surface area contributed by atoms with Crippen LogP contribution in [-0.4, -0.2) is 21.0 Å². The summed E-state index contributed by atoms with van der Waals surface area (Å²) in [5, 5.41) is 0. The number of nitrogens with one attached hydrogen (secondary N) is 1. The normalized spacial score (nSPS) is 15.4. The van der Waals surface area contributed by atoms with E-state index in [-0.39, 0.29) is 25.2 Å². The van der Waals surface area contributed by atoms with Crippen LogP contribution in [0.5, 0.6) is 0 Å². The average Bonchev–Trinajstić information content (AvgIpc) is 2.39. The zero-order chi connectivity index (χ0) is 18.0. The molecule has 0 aliphatic carbocycles. The summed E-state index contributed by atoms with van der Waals surface area (Å²) >= 11 is 3.27. The number of hydrogen-bond acceptors (Lipinski definition) is 3. The van der Waals surface area contributed by atoms with E-state index < -0.39 is 33.1 Å². The Hall–Kier alpha value is -0.440. The van der Waals surface area contributed by atoms with Crippen LogP contribution in [-0.2, 0) is 26.1 Å². The van der Waals surface area contributed by atoms with Crippen LogP contribution in [0.15, 0.2) is 22.7 Å². The van der Waals surface area contributed by atoms with Crippen molar-refractivity contribution in [3.8, 4) is 0 Å². The van der Waals surface area contributed by atoms with E-state index >= 15 is 0 Å². The van der Waals surface area contributed by atoms with E-state index in [1.54, 1.807) is 34.6 Å². The summed E-state index contributed by atoms with van der Waals surface area (Å²) in [6.45, 7) is 10.2. The number of carbonyl (C=O) groups is 1. The Bertz CT molecular complexity index is 620. The topological polar surface area (TPSA) is 55.4 Å². The quantitative estimate of drug-likeness (QED) is 0.704. The lowest BCUT2D eigenvalue weighted by Crippen LogP contribution is -2.52. The highest BCUT2D eigenvalue weighted by molar-refractivity contribution is 9.10. The van der Waals surface area contributed by atoms with Gasteiger partial charge in [-0.15, -0.1) is 0 Å². The van der Waals surface area contributed by atoms with Crippen molar-refractivity contribution in [2.45, 2.75) is 57.9 Å². The number of halogens is 2. The third-order valence-electron chi connectivity index (χ3n) is 3.07. The molecule has 0 fully saturated rings. The van der Waals surface area contributed by atoms with Crippen molar-refractivity contribution < 1.29 is 18.1 Å². The van der Waals surface area contributed by atoms with Gasteiger partial charge in [0.2, 0.25) is 0 Å². The maximum absolute atomic E-state index is 14.3. The van der Waals surface area contributed by atoms with Gasteiger partial charge in [0.05, 0.1) is 21.8 Å². The highest BCUT2D eigenvalue weighted by Crippen LogP contribution is 2.30. The van der Waals surface area contributed by atoms with E-state index in [9.17, 15) is 13.4 Å². The zero-order valence-corrected chi connectivity index (χ0v) is 18.1. The van der Waals surface area contributed by atoms with Gasteiger partial charge in [-0.3, -0.25) is 0 Å². The smallest absolute Gasteiger partial charge is 0.331 e. The summed E-state index contributed by atoms with van der Waals surface area (Å²) in [7, 11) is -1.59. The van der Waals surface area contributed by atoms with Gasteiger partial charge in [-0.05, 0) is 59.7 Å². The fourth-order valence-electron chi connectivity index (χ4n) is 1.76. The summed E-state index contributed by atoms with van der Waals surface area (Å²) in [6.07, 6.45) is -0.373. The molecule has 0 saturated carbocycles. The molecule has 2 atom stereocenters. The second kappa shape index (κ2) is 8.78. The van der Waals surface area contributed by atoms with Crippen LogP contribution in [0, 0.1) is 5.82 Å². The summed E-state index contributed by atoms with van der Waals surface area (Å²) in [5.74, 6) is -1.25. The molecular weight excluding hydrogens is 417 g/mol. The molecule has 1 rings (SSSR count). The highest BCUT2D eigenvalue weighted by atomic mass is 79.9. The van der Waals surface area contributed by atoms with Crippen LogP contribution in [0.2, 0.25) is 0 Å². The van der Waals surface area contributed by atoms with Gasteiger partial charge < -0.3 is 4.74 Å². The van der Waals surface area contributed by atoms with Crippen molar-refractivity contribution in [2.75, 3.05) is 0 Å². The fourth-order valence-corrected chi connectivity index (χ4v) is 2.99. The first-order chi connectivity index (χ1) is 10.4. The van der Waals surface area contributed by atoms with E-state index in [1.165, 1.54) is 25.1 Å². The van der Waals surface area contributed by atoms with Crippen molar-refractivity contribution in [1.82, 2.24) is 4.72 Å². The van der Waals surface area contributed by atoms with E-state index in [4.69, 9.17) is 4.74 Å². The SMILES string of the molecule is CC(C)OC(=O)C(C)(NS(=O)C(C)(C)C)c1cc(Br)ccc1F.S. The number of hydrogen-bond donors (Lipinski definition) is 1. The lowest BCUT2D eigenvalue weighted by Gasteiger charge is -2.32. The number of carbonyl (C=O) groups excluding carboxylic acids is 1. The molecule has 0 bridgehead atoms. The van der Waals surface area contributed by atoms with Gasteiger partial charge in [0.15, 0.2) is 5.54 Å². The van der Waals surface area contributed by atoms with Crippen LogP contribution in [0.25, 0.3) is 0 Å². The molecule has 0 aromatic heterocycles. The first-order valence-electron chi connectivity index (χ1n) is 7.24. The molecule has 0 radical (unpaired) electrons. The van der Waals surface area contributed by atoms with E-state index in [2.05, 4.69) is 20.7 Å². The molecule has 4 nitrogen and oxygen atoms in total. The highest BCUT2D eigenvalue weighted by Gasteiger charge is 2.43. The molecule has 0 saturated heterocycles. The van der Waals surface area contributed by atoms with Crippen LogP contribution in [0.3, 0.4) is 0 Å². The third kappa shape index (κ3) is 5.82. The number of ether oxygens (including phenoxy) is 1. The summed E-state index contributed by atoms with van der Waals surface area (Å²) < 4.78 is 34.8. The summed E-state index contributed by atoms with van der Waals surface area (Å²) in [4.78, 5) is 12.6. The summed E-state index contributed by atoms with van der Waals surface area (Å²) in [6, 6.07) is 4.28. The van der Waals surface area contributed by atoms with Gasteiger partial charge in [-0.2, -0.15) is 13.5 Å². The Morgan fingerprint density at radius 1 is 1.29 bits per heavy atom. The second-order valence-corrected chi connectivity index (χ2v) is 9.57. The Balaban J connectivity index is 0.00000529. The number of benzene rings is 1. The monoisotopic (exact) mass is 441 g/mol. The maximum Gasteiger partial charge on any atom is 0.331 e. The molecule has 0 aliphatic heterocycles. The van der Waals surface area contributed by atoms with E-state index in [1.807, 2.05) is 0 Å². The number of rotatable bonds is 5. The fraction of sp³-hybridized carbons (Fsp3) is 0.562. The van der Waals surface area contributed by atoms with Crippen LogP contribution < -0.4 is 4.72 Å². The predicted molar refractivity (Wildman–Crippen MR) is 104 cm³/mol. The van der Waals surface area contributed by atoms with Crippen LogP contribution in [0.4, 0.5) is 4.39 Å². The Morgan fingerprint density at radius 2 is 1.83 bits per heavy atom. The lowest BCUT2D eigenvalue weighted by atomic mass is 9.93. The molecule has 1 N–H and O–H groups in total. The minimum atomic E-state index is -1.59. The first-order valence-corrected chi connectivity index (χ1v) is 9.18. The lowest BCUT2D eigenvalue weighted by molar-refractivity contribution is -0.154. The molecule has 0 amide bonds. The third-order valence-corrected chi connectivity index (χ3v) is 5.27. The molecule has 0 heterocycles. The van der Waals surface area contributed by atoms with Gasteiger partial charge >= 0.3 is 5.97 Å². The molecule has 0 spiro atoms. The van der Waals surface area contributed by atoms with E-state index in [0.29, 0.717) is 4.47 Å². The van der Waals surface area contributed by atoms with Gasteiger partial charge in [0.1, 0.15) is 5.82 Å². The first kappa shape index (κ1) is 23.6. The van der Waals surface area contributed by atoms with Crippen molar-refractivity contribution in [3.05, 3.63) is 34.1 Å². The molecule has 24 heavy (non-hydrogen) atoms.